The van der Waals surface area contributed by atoms with Gasteiger partial charge < -0.3 is 18.9 Å². The van der Waals surface area contributed by atoms with Crippen LogP contribution in [0.5, 0.6) is 0 Å². The number of alkyl halides is 3. The molecule has 20 heteroatoms. The molecular formula is C48H55BCl3NO15. The second-order valence-electron chi connectivity index (χ2n) is 19.6. The van der Waals surface area contributed by atoms with Gasteiger partial charge in [0.25, 0.3) is 0 Å². The van der Waals surface area contributed by atoms with Gasteiger partial charge in [0.1, 0.15) is 18.8 Å². The normalized spacial score (nSPS) is 33.8. The van der Waals surface area contributed by atoms with Crippen LogP contribution in [0, 0.1) is 28.6 Å². The minimum absolute atomic E-state index is 0.0520. The molecule has 0 spiro atoms. The third kappa shape index (κ3) is 9.05. The number of benzene rings is 2. The first-order valence-corrected chi connectivity index (χ1v) is 23.5. The quantitative estimate of drug-likeness (QED) is 0.101. The number of ketones is 2. The average molecular weight is 1000 g/mol. The van der Waals surface area contributed by atoms with Crippen LogP contribution in [0.25, 0.3) is 0 Å². The third-order valence-corrected chi connectivity index (χ3v) is 15.2. The van der Waals surface area contributed by atoms with E-state index in [1.165, 1.54) is 19.1 Å². The maximum absolute atomic E-state index is 16.1. The number of hydrogen-bond acceptors (Lipinski definition) is 16. The van der Waals surface area contributed by atoms with Gasteiger partial charge in [0.15, 0.2) is 0 Å². The van der Waals surface area contributed by atoms with Crippen LogP contribution in [0.3, 0.4) is 0 Å². The number of Topliss-reactive ketones (excluding diaryl/α,β-unsaturated/α-hetero) is 2. The Morgan fingerprint density at radius 1 is 0.926 bits per heavy atom. The zero-order valence-corrected chi connectivity index (χ0v) is 41.2. The third-order valence-electron chi connectivity index (χ3n) is 14.9. The summed E-state index contributed by atoms with van der Waals surface area (Å²) >= 11 is 17.7. The summed E-state index contributed by atoms with van der Waals surface area (Å²) in [6.45, 7) is 11.0. The summed E-state index contributed by atoms with van der Waals surface area (Å²) in [6, 6.07) is 16.3. The van der Waals surface area contributed by atoms with Crippen LogP contribution in [-0.2, 0) is 57.0 Å². The molecule has 16 nitrogen and oxygen atoms in total. The van der Waals surface area contributed by atoms with Crippen LogP contribution in [-0.4, -0.2) is 118 Å². The molecule has 5 aliphatic rings. The van der Waals surface area contributed by atoms with Gasteiger partial charge in [0, 0.05) is 20.3 Å². The molecule has 8 unspecified atom stereocenters. The molecule has 1 N–H and O–H groups in total. The molecule has 11 atom stereocenters. The average Bonchev–Trinajstić information content (AvgIpc) is 3.53. The van der Waals surface area contributed by atoms with Gasteiger partial charge in [0.2, 0.25) is 3.79 Å². The molecule has 2 aliphatic heterocycles. The second kappa shape index (κ2) is 18.8. The predicted octanol–water partition coefficient (Wildman–Crippen LogP) is 6.79. The van der Waals surface area contributed by atoms with Gasteiger partial charge in [-0.3, -0.25) is 9.59 Å². The number of aliphatic hydroxyl groups is 1. The van der Waals surface area contributed by atoms with Crippen molar-refractivity contribution in [2.24, 2.45) is 28.6 Å². The van der Waals surface area contributed by atoms with Crippen LogP contribution >= 0.6 is 34.8 Å². The number of allylic oxidation sites excluding steroid dienone is 1. The van der Waals surface area contributed by atoms with E-state index in [0.717, 1.165) is 26.6 Å². The number of fused-ring (bicyclic) bond motifs is 5. The Balaban J connectivity index is 1.45. The maximum atomic E-state index is 16.1. The molecular weight excluding hydrogens is 948 g/mol. The molecule has 3 aliphatic carbocycles. The Hall–Kier alpha value is -4.23. The van der Waals surface area contributed by atoms with Crippen molar-refractivity contribution in [2.75, 3.05) is 19.7 Å². The standard InChI is InChI=1S/C48H55BCl3NO15/c1-25-30(19-31(56)36-35(28-15-11-9-12-16-28)53(24-49-61)44(6,7)68-36)21-47(60)40(66-41(58)29-17-13-10-14-18-29)38-45(8,39(57)37(64-26(2)54)34(25)43(47,4)5)32(65-42(59)63-23-48(50,51)52)20-33-46(38,22-62-33)67-27(3)55/h9-18,25,30,32-33,35-36,38,40,60H,19-24H2,1-8H3/t25?,30-,32?,33?,35?,36?,38?,40?,45+,46-,47?/m0/s1. The first-order chi connectivity index (χ1) is 31.7. The van der Waals surface area contributed by atoms with Crippen molar-refractivity contribution < 1.29 is 71.7 Å². The van der Waals surface area contributed by atoms with Crippen LogP contribution in [0.4, 0.5) is 4.79 Å². The summed E-state index contributed by atoms with van der Waals surface area (Å²) in [7, 11) is 0.737. The predicted molar refractivity (Wildman–Crippen MR) is 243 cm³/mol. The van der Waals surface area contributed by atoms with Crippen LogP contribution < -0.4 is 0 Å². The molecule has 2 saturated carbocycles. The van der Waals surface area contributed by atoms with Crippen molar-refractivity contribution in [3.8, 4) is 0 Å². The van der Waals surface area contributed by atoms with Gasteiger partial charge in [0.05, 0.1) is 12.2 Å². The number of carbonyl (C=O) groups is 6. The fourth-order valence-corrected chi connectivity index (χ4v) is 11.8. The molecule has 0 radical (unpaired) electrons. The molecule has 2 saturated heterocycles. The Kier molecular flexibility index (Phi) is 14.3. The second-order valence-corrected chi connectivity index (χ2v) is 22.1. The molecule has 2 bridgehead atoms. The summed E-state index contributed by atoms with van der Waals surface area (Å²) in [5.74, 6) is -7.87. The van der Waals surface area contributed by atoms with Crippen LogP contribution in [0.2, 0.25) is 0 Å². The summed E-state index contributed by atoms with van der Waals surface area (Å²) in [5.41, 5.74) is -8.23. The van der Waals surface area contributed by atoms with Crippen molar-refractivity contribution in [3.05, 3.63) is 83.1 Å². The molecule has 7 rings (SSSR count). The summed E-state index contributed by atoms with van der Waals surface area (Å²) in [4.78, 5) is 87.7. The monoisotopic (exact) mass is 1000 g/mol. The molecule has 0 amide bonds. The van der Waals surface area contributed by atoms with E-state index in [0.29, 0.717) is 0 Å². The topological polar surface area (TPSA) is 208 Å². The van der Waals surface area contributed by atoms with Crippen LogP contribution in [0.15, 0.2) is 72.0 Å². The van der Waals surface area contributed by atoms with Crippen molar-refractivity contribution in [2.45, 2.75) is 126 Å². The van der Waals surface area contributed by atoms with E-state index < -0.39 is 128 Å². The SMILES string of the molecule is CC(=O)OC1=C2C(C)[C@@H](CC(=O)C3OC(C)(C)N(CB=O)C3c3ccccc3)CC(O)(C(OC(=O)c3ccccc3)C3[C@]4(OC(C)=O)COC4CC(OC(=O)OCC(Cl)(Cl)Cl)[C@@]3(C)C1=O)C2(C)C. The molecule has 366 valence electrons. The zero-order valence-electron chi connectivity index (χ0n) is 39.0. The van der Waals surface area contributed by atoms with Crippen molar-refractivity contribution >= 4 is 77.6 Å². The van der Waals surface area contributed by atoms with E-state index in [-0.39, 0.29) is 43.5 Å². The summed E-state index contributed by atoms with van der Waals surface area (Å²) in [6.07, 6.45) is -8.01. The van der Waals surface area contributed by atoms with Gasteiger partial charge in [-0.05, 0) is 19.1 Å². The first kappa shape index (κ1) is 51.6. The van der Waals surface area contributed by atoms with E-state index in [9.17, 15) is 29.0 Å². The molecule has 0 aromatic heterocycles. The van der Waals surface area contributed by atoms with E-state index in [4.69, 9.17) is 68.0 Å². The van der Waals surface area contributed by atoms with E-state index >= 15 is 9.59 Å². The molecule has 2 aromatic carbocycles. The zero-order chi connectivity index (χ0) is 49.9. The number of halogens is 3. The van der Waals surface area contributed by atoms with Gasteiger partial charge in [-0.15, -0.1) is 0 Å². The summed E-state index contributed by atoms with van der Waals surface area (Å²) in [5, 5.41) is 14.1. The number of nitrogens with zero attached hydrogens (tertiary/aromatic N) is 1. The molecule has 68 heavy (non-hydrogen) atoms. The van der Waals surface area contributed by atoms with Crippen molar-refractivity contribution in [1.82, 2.24) is 4.90 Å². The Morgan fingerprint density at radius 2 is 1.56 bits per heavy atom. The van der Waals surface area contributed by atoms with Crippen molar-refractivity contribution in [3.63, 3.8) is 0 Å². The Bertz CT molecular complexity index is 2380. The number of ether oxygens (including phenoxy) is 7. The molecule has 4 fully saturated rings. The number of rotatable bonds is 12. The number of carbonyl (C=O) groups excluding carboxylic acids is 6. The van der Waals surface area contributed by atoms with Gasteiger partial charge in [-0.1, -0.05) is 53.0 Å². The van der Waals surface area contributed by atoms with Gasteiger partial charge in [-0.2, -0.15) is 0 Å². The Morgan fingerprint density at radius 3 is 2.12 bits per heavy atom. The molecule has 2 aromatic rings. The Labute approximate surface area is 409 Å². The number of hydrogen-bond donors (Lipinski definition) is 1. The van der Waals surface area contributed by atoms with E-state index in [1.54, 1.807) is 57.7 Å². The van der Waals surface area contributed by atoms with E-state index in [2.05, 4.69) is 0 Å². The summed E-state index contributed by atoms with van der Waals surface area (Å²) < 4.78 is 52.4. The number of esters is 3. The van der Waals surface area contributed by atoms with Gasteiger partial charge in [-0.25, -0.2) is 9.59 Å². The fraction of sp³-hybridized carbons (Fsp3) is 0.583. The van der Waals surface area contributed by atoms with Crippen molar-refractivity contribution in [1.29, 1.82) is 0 Å². The minimum atomic E-state index is -2.33. The van der Waals surface area contributed by atoms with Gasteiger partial charge >= 0.3 is 246 Å². The van der Waals surface area contributed by atoms with Crippen LogP contribution in [0.1, 0.15) is 96.6 Å². The fourth-order valence-electron chi connectivity index (χ4n) is 11.7. The van der Waals surface area contributed by atoms with E-state index in [1.807, 2.05) is 30.3 Å². The first-order valence-electron chi connectivity index (χ1n) is 22.4. The molecule has 2 heterocycles.